The Balaban J connectivity index is 1.43. The molecule has 0 spiro atoms. The first-order valence-corrected chi connectivity index (χ1v) is 11.9. The van der Waals surface area contributed by atoms with Crippen LogP contribution in [0.3, 0.4) is 0 Å². The number of hydrogen-bond donors (Lipinski definition) is 2. The fourth-order valence-corrected chi connectivity index (χ4v) is 5.75. The highest BCUT2D eigenvalue weighted by atomic mass is 35.5. The van der Waals surface area contributed by atoms with Crippen molar-refractivity contribution in [3.05, 3.63) is 45.4 Å². The van der Waals surface area contributed by atoms with Gasteiger partial charge < -0.3 is 0 Å². The highest BCUT2D eigenvalue weighted by Crippen LogP contribution is 2.39. The standard InChI is InChI=1S/C18H16ClN5O2S3/c1-2-27-18-24-23-17(29-18)22-15(26)11-7-8-12-13(11)20-16(28-12)21-14(25)9-3-5-10(19)6-4-9/h3-6,11H,2,7-8H2,1H3,(H,20,21,25)(H,22,23,26). The third-order valence-corrected chi connectivity index (χ3v) is 7.42. The van der Waals surface area contributed by atoms with Crippen molar-refractivity contribution in [2.24, 2.45) is 0 Å². The second kappa shape index (κ2) is 8.78. The Bertz CT molecular complexity index is 1050. The van der Waals surface area contributed by atoms with E-state index in [1.807, 2.05) is 6.92 Å². The summed E-state index contributed by atoms with van der Waals surface area (Å²) in [4.78, 5) is 30.6. The molecule has 1 atom stereocenters. The largest absolute Gasteiger partial charge is 0.300 e. The van der Waals surface area contributed by atoms with Gasteiger partial charge in [0.05, 0.1) is 11.6 Å². The topological polar surface area (TPSA) is 96.9 Å². The van der Waals surface area contributed by atoms with Crippen LogP contribution in [-0.2, 0) is 11.2 Å². The molecule has 0 fully saturated rings. The predicted molar refractivity (Wildman–Crippen MR) is 118 cm³/mol. The number of anilines is 2. The molecule has 150 valence electrons. The number of rotatable bonds is 6. The van der Waals surface area contributed by atoms with Crippen LogP contribution < -0.4 is 10.6 Å². The van der Waals surface area contributed by atoms with Crippen LogP contribution in [0.15, 0.2) is 28.6 Å². The quantitative estimate of drug-likeness (QED) is 0.405. The number of nitrogens with one attached hydrogen (secondary N) is 2. The molecular weight excluding hydrogens is 450 g/mol. The zero-order chi connectivity index (χ0) is 20.4. The lowest BCUT2D eigenvalue weighted by molar-refractivity contribution is -0.117. The molecule has 11 heteroatoms. The Morgan fingerprint density at radius 3 is 2.72 bits per heavy atom. The van der Waals surface area contributed by atoms with Crippen molar-refractivity contribution in [3.8, 4) is 0 Å². The van der Waals surface area contributed by atoms with Crippen LogP contribution in [0.5, 0.6) is 0 Å². The van der Waals surface area contributed by atoms with E-state index in [-0.39, 0.29) is 17.7 Å². The van der Waals surface area contributed by atoms with Gasteiger partial charge in [0, 0.05) is 15.5 Å². The highest BCUT2D eigenvalue weighted by molar-refractivity contribution is 8.01. The zero-order valence-corrected chi connectivity index (χ0v) is 18.5. The zero-order valence-electron chi connectivity index (χ0n) is 15.3. The first-order valence-electron chi connectivity index (χ1n) is 8.87. The average Bonchev–Trinajstić information content (AvgIpc) is 3.38. The summed E-state index contributed by atoms with van der Waals surface area (Å²) in [5.41, 5.74) is 1.22. The fraction of sp³-hybridized carbons (Fsp3) is 0.278. The first kappa shape index (κ1) is 20.3. The molecule has 29 heavy (non-hydrogen) atoms. The number of thioether (sulfide) groups is 1. The smallest absolute Gasteiger partial charge is 0.257 e. The molecule has 0 aliphatic heterocycles. The molecule has 2 heterocycles. The lowest BCUT2D eigenvalue weighted by Crippen LogP contribution is -2.20. The third-order valence-electron chi connectivity index (χ3n) is 4.27. The molecule has 1 unspecified atom stereocenters. The number of benzene rings is 1. The van der Waals surface area contributed by atoms with Crippen LogP contribution in [0.25, 0.3) is 0 Å². The number of hydrogen-bond acceptors (Lipinski definition) is 8. The van der Waals surface area contributed by atoms with E-state index in [1.54, 1.807) is 36.0 Å². The van der Waals surface area contributed by atoms with Gasteiger partial charge in [0.2, 0.25) is 11.0 Å². The molecule has 0 radical (unpaired) electrons. The van der Waals surface area contributed by atoms with Gasteiger partial charge >= 0.3 is 0 Å². The molecule has 0 saturated heterocycles. The van der Waals surface area contributed by atoms with Gasteiger partial charge in [-0.15, -0.1) is 21.5 Å². The van der Waals surface area contributed by atoms with Crippen LogP contribution in [0.4, 0.5) is 10.3 Å². The van der Waals surface area contributed by atoms with E-state index in [9.17, 15) is 9.59 Å². The van der Waals surface area contributed by atoms with E-state index < -0.39 is 0 Å². The number of nitrogens with zero attached hydrogens (tertiary/aromatic N) is 3. The van der Waals surface area contributed by atoms with Gasteiger partial charge in [-0.25, -0.2) is 4.98 Å². The minimum atomic E-state index is -0.353. The maximum atomic E-state index is 12.7. The van der Waals surface area contributed by atoms with Crippen molar-refractivity contribution in [3.63, 3.8) is 0 Å². The molecule has 2 aromatic heterocycles. The average molecular weight is 466 g/mol. The summed E-state index contributed by atoms with van der Waals surface area (Å²) in [6.07, 6.45) is 1.45. The Morgan fingerprint density at radius 2 is 1.97 bits per heavy atom. The van der Waals surface area contributed by atoms with Crippen LogP contribution in [-0.4, -0.2) is 32.7 Å². The minimum absolute atomic E-state index is 0.145. The van der Waals surface area contributed by atoms with Crippen LogP contribution in [0.2, 0.25) is 5.02 Å². The molecule has 7 nitrogen and oxygen atoms in total. The van der Waals surface area contributed by atoms with E-state index in [2.05, 4.69) is 25.8 Å². The summed E-state index contributed by atoms with van der Waals surface area (Å²) in [6, 6.07) is 6.64. The normalized spacial score (nSPS) is 15.2. The summed E-state index contributed by atoms with van der Waals surface area (Å²) >= 11 is 10.2. The molecule has 0 saturated carbocycles. The summed E-state index contributed by atoms with van der Waals surface area (Å²) in [5.74, 6) is 0.144. The van der Waals surface area contributed by atoms with Gasteiger partial charge in [0.15, 0.2) is 9.47 Å². The molecule has 0 bridgehead atoms. The van der Waals surface area contributed by atoms with Gasteiger partial charge in [-0.2, -0.15) is 0 Å². The van der Waals surface area contributed by atoms with Gasteiger partial charge in [0.1, 0.15) is 0 Å². The van der Waals surface area contributed by atoms with E-state index in [4.69, 9.17) is 11.6 Å². The van der Waals surface area contributed by atoms with E-state index in [1.165, 1.54) is 22.7 Å². The van der Waals surface area contributed by atoms with E-state index in [0.717, 1.165) is 27.1 Å². The van der Waals surface area contributed by atoms with Gasteiger partial charge in [-0.1, -0.05) is 41.6 Å². The minimum Gasteiger partial charge on any atom is -0.300 e. The SMILES string of the molecule is CCSc1nnc(NC(=O)C2CCc3sc(NC(=O)c4ccc(Cl)cc4)nc32)s1. The molecule has 2 amide bonds. The van der Waals surface area contributed by atoms with Gasteiger partial charge in [-0.05, 0) is 42.9 Å². The lowest BCUT2D eigenvalue weighted by Gasteiger charge is -2.08. The Labute approximate surface area is 184 Å². The number of halogens is 1. The second-order valence-corrected chi connectivity index (χ2v) is 10.2. The molecule has 1 aliphatic rings. The Morgan fingerprint density at radius 1 is 1.17 bits per heavy atom. The van der Waals surface area contributed by atoms with Crippen molar-refractivity contribution in [1.82, 2.24) is 15.2 Å². The predicted octanol–water partition coefficient (Wildman–Crippen LogP) is 4.68. The fourth-order valence-electron chi connectivity index (χ4n) is 2.94. The summed E-state index contributed by atoms with van der Waals surface area (Å²) in [5, 5.41) is 15.3. The van der Waals surface area contributed by atoms with Crippen LogP contribution >= 0.6 is 46.0 Å². The van der Waals surface area contributed by atoms with Gasteiger partial charge in [0.25, 0.3) is 5.91 Å². The second-order valence-electron chi connectivity index (χ2n) is 6.18. The number of amides is 2. The summed E-state index contributed by atoms with van der Waals surface area (Å²) in [7, 11) is 0. The first-order chi connectivity index (χ1) is 14.0. The maximum Gasteiger partial charge on any atom is 0.257 e. The monoisotopic (exact) mass is 465 g/mol. The lowest BCUT2D eigenvalue weighted by atomic mass is 10.1. The Hall–Kier alpha value is -2.01. The number of thiazole rings is 1. The van der Waals surface area contributed by atoms with Crippen molar-refractivity contribution in [2.45, 2.75) is 30.0 Å². The summed E-state index contributed by atoms with van der Waals surface area (Å²) < 4.78 is 0.829. The molecular formula is C18H16ClN5O2S3. The van der Waals surface area contributed by atoms with Crippen molar-refractivity contribution >= 4 is 68.1 Å². The highest BCUT2D eigenvalue weighted by Gasteiger charge is 2.33. The number of carbonyl (C=O) groups excluding carboxylic acids is 2. The molecule has 1 aromatic carbocycles. The van der Waals surface area contributed by atoms with Crippen molar-refractivity contribution in [1.29, 1.82) is 0 Å². The van der Waals surface area contributed by atoms with Crippen LogP contribution in [0, 0.1) is 0 Å². The molecule has 3 aromatic rings. The third kappa shape index (κ3) is 4.61. The van der Waals surface area contributed by atoms with Crippen molar-refractivity contribution < 1.29 is 9.59 Å². The van der Waals surface area contributed by atoms with Gasteiger partial charge in [-0.3, -0.25) is 20.2 Å². The number of carbonyl (C=O) groups is 2. The Kier molecular flexibility index (Phi) is 6.14. The number of aryl methyl sites for hydroxylation is 1. The van der Waals surface area contributed by atoms with Crippen LogP contribution in [0.1, 0.15) is 40.2 Å². The molecule has 2 N–H and O–H groups in total. The molecule has 1 aliphatic carbocycles. The van der Waals surface area contributed by atoms with E-state index in [0.29, 0.717) is 27.3 Å². The molecule has 4 rings (SSSR count). The number of aromatic nitrogens is 3. The number of fused-ring (bicyclic) bond motifs is 1. The van der Waals surface area contributed by atoms with E-state index >= 15 is 0 Å². The summed E-state index contributed by atoms with van der Waals surface area (Å²) in [6.45, 7) is 2.04. The maximum absolute atomic E-state index is 12.7. The van der Waals surface area contributed by atoms with Crippen molar-refractivity contribution in [2.75, 3.05) is 16.4 Å².